The molecule has 1 aromatic rings. The van der Waals surface area contributed by atoms with Crippen LogP contribution in [0.1, 0.15) is 64.4 Å². The van der Waals surface area contributed by atoms with Gasteiger partial charge in [-0.2, -0.15) is 0 Å². The number of phenolic OH excluding ortho intramolecular Hbond substituents is 1. The highest BCUT2D eigenvalue weighted by atomic mass is 32.2. The second-order valence-corrected chi connectivity index (χ2v) is 11.4. The lowest BCUT2D eigenvalue weighted by molar-refractivity contribution is -0.0277. The minimum Gasteiger partial charge on any atom is -0.506 e. The fraction of sp³-hybridized carbons (Fsp3) is 0.739. The van der Waals surface area contributed by atoms with Crippen LogP contribution < -0.4 is 5.32 Å². The number of nitrogens with one attached hydrogen (secondary N) is 1. The van der Waals surface area contributed by atoms with E-state index in [0.29, 0.717) is 17.4 Å². The zero-order valence-electron chi connectivity index (χ0n) is 18.9. The first kappa shape index (κ1) is 23.4. The number of piperidine rings is 1. The van der Waals surface area contributed by atoms with Gasteiger partial charge in [-0.3, -0.25) is 4.90 Å². The number of sulfone groups is 1. The topological polar surface area (TPSA) is 78.9 Å². The fourth-order valence-electron chi connectivity index (χ4n) is 4.95. The van der Waals surface area contributed by atoms with E-state index in [1.165, 1.54) is 25.2 Å². The van der Waals surface area contributed by atoms with E-state index >= 15 is 0 Å². The van der Waals surface area contributed by atoms with Crippen molar-refractivity contribution in [3.05, 3.63) is 17.7 Å². The third-order valence-corrected chi connectivity index (χ3v) is 8.12. The average Bonchev–Trinajstić information content (AvgIpc) is 2.69. The van der Waals surface area contributed by atoms with Gasteiger partial charge in [0.15, 0.2) is 9.84 Å². The van der Waals surface area contributed by atoms with Gasteiger partial charge in [0, 0.05) is 37.5 Å². The minimum atomic E-state index is -3.33. The van der Waals surface area contributed by atoms with Crippen molar-refractivity contribution in [1.29, 1.82) is 0 Å². The first-order valence-electron chi connectivity index (χ1n) is 11.3. The van der Waals surface area contributed by atoms with Gasteiger partial charge in [-0.1, -0.05) is 6.92 Å². The van der Waals surface area contributed by atoms with Crippen molar-refractivity contribution in [3.8, 4) is 5.75 Å². The summed E-state index contributed by atoms with van der Waals surface area (Å²) in [6, 6.07) is 3.34. The SMILES string of the molecule is CCCO[C@H]1CC[C@](C)(N2CCC(Nc3cc(S(C)(=O)=O)c(C)cc3O)CC2)CC1. The number of aryl methyl sites for hydroxylation is 1. The first-order valence-corrected chi connectivity index (χ1v) is 13.2. The van der Waals surface area contributed by atoms with E-state index in [4.69, 9.17) is 4.74 Å². The van der Waals surface area contributed by atoms with E-state index in [1.54, 1.807) is 13.0 Å². The highest BCUT2D eigenvalue weighted by Gasteiger charge is 2.38. The summed E-state index contributed by atoms with van der Waals surface area (Å²) in [4.78, 5) is 2.90. The van der Waals surface area contributed by atoms with Crippen LogP contribution in [0, 0.1) is 6.92 Å². The molecule has 6 nitrogen and oxygen atoms in total. The molecule has 7 heteroatoms. The normalized spacial score (nSPS) is 26.6. The molecule has 2 aliphatic rings. The van der Waals surface area contributed by atoms with Crippen molar-refractivity contribution in [2.24, 2.45) is 0 Å². The minimum absolute atomic E-state index is 0.111. The number of likely N-dealkylation sites (tertiary alicyclic amines) is 1. The second-order valence-electron chi connectivity index (χ2n) is 9.38. The molecule has 1 aliphatic heterocycles. The highest BCUT2D eigenvalue weighted by Crippen LogP contribution is 2.37. The third kappa shape index (κ3) is 5.48. The number of anilines is 1. The second kappa shape index (κ2) is 9.45. The van der Waals surface area contributed by atoms with E-state index in [-0.39, 0.29) is 22.2 Å². The predicted octanol–water partition coefficient (Wildman–Crippen LogP) is 4.11. The fourth-order valence-corrected chi connectivity index (χ4v) is 5.93. The number of phenols is 1. The Morgan fingerprint density at radius 2 is 1.83 bits per heavy atom. The maximum absolute atomic E-state index is 12.0. The van der Waals surface area contributed by atoms with Crippen LogP contribution in [0.25, 0.3) is 0 Å². The van der Waals surface area contributed by atoms with Crippen LogP contribution in [-0.2, 0) is 14.6 Å². The average molecular weight is 439 g/mol. The molecule has 30 heavy (non-hydrogen) atoms. The zero-order chi connectivity index (χ0) is 21.9. The van der Waals surface area contributed by atoms with Crippen molar-refractivity contribution < 1.29 is 18.3 Å². The molecular formula is C23H38N2O4S. The van der Waals surface area contributed by atoms with Crippen LogP contribution in [0.5, 0.6) is 5.75 Å². The summed E-state index contributed by atoms with van der Waals surface area (Å²) in [5, 5.41) is 13.7. The quantitative estimate of drug-likeness (QED) is 0.624. The molecule has 1 saturated heterocycles. The maximum atomic E-state index is 12.0. The van der Waals surface area contributed by atoms with Gasteiger partial charge in [-0.15, -0.1) is 0 Å². The van der Waals surface area contributed by atoms with E-state index in [2.05, 4.69) is 24.1 Å². The van der Waals surface area contributed by atoms with Crippen molar-refractivity contribution in [1.82, 2.24) is 4.90 Å². The van der Waals surface area contributed by atoms with Crippen molar-refractivity contribution >= 4 is 15.5 Å². The number of nitrogens with zero attached hydrogens (tertiary/aromatic N) is 1. The Bertz CT molecular complexity index is 824. The van der Waals surface area contributed by atoms with Gasteiger partial charge < -0.3 is 15.2 Å². The Hall–Kier alpha value is -1.31. The molecule has 0 atom stereocenters. The summed E-state index contributed by atoms with van der Waals surface area (Å²) in [6.45, 7) is 9.15. The Morgan fingerprint density at radius 3 is 2.40 bits per heavy atom. The number of benzene rings is 1. The molecule has 2 N–H and O–H groups in total. The molecule has 2 fully saturated rings. The lowest BCUT2D eigenvalue weighted by Crippen LogP contribution is -2.53. The number of hydrogen-bond acceptors (Lipinski definition) is 6. The highest BCUT2D eigenvalue weighted by molar-refractivity contribution is 7.90. The molecular weight excluding hydrogens is 400 g/mol. The number of aromatic hydroxyl groups is 1. The maximum Gasteiger partial charge on any atom is 0.175 e. The van der Waals surface area contributed by atoms with Gasteiger partial charge in [0.25, 0.3) is 0 Å². The largest absolute Gasteiger partial charge is 0.506 e. The number of rotatable bonds is 7. The molecule has 0 amide bonds. The molecule has 1 saturated carbocycles. The molecule has 1 aromatic carbocycles. The summed E-state index contributed by atoms with van der Waals surface area (Å²) < 4.78 is 30.0. The Kier molecular flexibility index (Phi) is 7.36. The van der Waals surface area contributed by atoms with Gasteiger partial charge in [0.2, 0.25) is 0 Å². The smallest absolute Gasteiger partial charge is 0.175 e. The summed E-state index contributed by atoms with van der Waals surface area (Å²) in [5.74, 6) is 0.111. The summed E-state index contributed by atoms with van der Waals surface area (Å²) >= 11 is 0. The van der Waals surface area contributed by atoms with E-state index in [9.17, 15) is 13.5 Å². The molecule has 0 aromatic heterocycles. The van der Waals surface area contributed by atoms with Crippen LogP contribution in [0.15, 0.2) is 17.0 Å². The molecule has 0 bridgehead atoms. The van der Waals surface area contributed by atoms with Crippen molar-refractivity contribution in [3.63, 3.8) is 0 Å². The summed E-state index contributed by atoms with van der Waals surface area (Å²) in [6.07, 6.45) is 9.30. The molecule has 3 rings (SSSR count). The first-order chi connectivity index (χ1) is 14.1. The predicted molar refractivity (Wildman–Crippen MR) is 121 cm³/mol. The third-order valence-electron chi connectivity index (χ3n) is 6.88. The van der Waals surface area contributed by atoms with Crippen LogP contribution in [0.4, 0.5) is 5.69 Å². The van der Waals surface area contributed by atoms with Crippen molar-refractivity contribution in [2.45, 2.75) is 88.3 Å². The summed E-state index contributed by atoms with van der Waals surface area (Å²) in [7, 11) is -3.33. The van der Waals surface area contributed by atoms with Gasteiger partial charge >= 0.3 is 0 Å². The van der Waals surface area contributed by atoms with Crippen molar-refractivity contribution in [2.75, 3.05) is 31.3 Å². The standard InChI is InChI=1S/C23H38N2O4S/c1-5-14-29-19-6-10-23(3,11-7-19)25-12-8-18(9-13-25)24-20-16-22(30(4,27)28)17(2)15-21(20)26/h15-16,18-19,24,26H,5-14H2,1-4H3/t19-,23-. The molecule has 0 radical (unpaired) electrons. The Labute approximate surface area is 181 Å². The molecule has 0 spiro atoms. The van der Waals surface area contributed by atoms with E-state index < -0.39 is 9.84 Å². The molecule has 1 heterocycles. The van der Waals surface area contributed by atoms with Gasteiger partial charge in [0.05, 0.1) is 16.7 Å². The van der Waals surface area contributed by atoms with Gasteiger partial charge in [-0.05, 0) is 76.5 Å². The molecule has 1 aliphatic carbocycles. The molecule has 170 valence electrons. The Morgan fingerprint density at radius 1 is 1.20 bits per heavy atom. The lowest BCUT2D eigenvalue weighted by atomic mass is 9.79. The van der Waals surface area contributed by atoms with Crippen LogP contribution in [-0.4, -0.2) is 62.1 Å². The van der Waals surface area contributed by atoms with Crippen LogP contribution in [0.3, 0.4) is 0 Å². The lowest BCUT2D eigenvalue weighted by Gasteiger charge is -2.48. The Balaban J connectivity index is 1.57. The van der Waals surface area contributed by atoms with E-state index in [1.807, 2.05) is 0 Å². The molecule has 0 unspecified atom stereocenters. The zero-order valence-corrected chi connectivity index (χ0v) is 19.7. The van der Waals surface area contributed by atoms with Gasteiger partial charge in [-0.25, -0.2) is 8.42 Å². The monoisotopic (exact) mass is 438 g/mol. The van der Waals surface area contributed by atoms with Gasteiger partial charge in [0.1, 0.15) is 5.75 Å². The summed E-state index contributed by atoms with van der Waals surface area (Å²) in [5.41, 5.74) is 1.33. The van der Waals surface area contributed by atoms with Crippen LogP contribution >= 0.6 is 0 Å². The van der Waals surface area contributed by atoms with E-state index in [0.717, 1.165) is 51.8 Å². The number of hydrogen-bond donors (Lipinski definition) is 2. The van der Waals surface area contributed by atoms with Crippen LogP contribution in [0.2, 0.25) is 0 Å². The number of ether oxygens (including phenoxy) is 1.